The summed E-state index contributed by atoms with van der Waals surface area (Å²) in [6, 6.07) is 10.8. The third-order valence-electron chi connectivity index (χ3n) is 5.77. The molecular formula is C25H28F2. The molecule has 0 amide bonds. The van der Waals surface area contributed by atoms with Crippen LogP contribution in [0.1, 0.15) is 80.5 Å². The van der Waals surface area contributed by atoms with E-state index in [0.29, 0.717) is 0 Å². The van der Waals surface area contributed by atoms with Crippen molar-refractivity contribution >= 4 is 0 Å². The molecule has 0 bridgehead atoms. The summed E-state index contributed by atoms with van der Waals surface area (Å²) >= 11 is 0. The predicted octanol–water partition coefficient (Wildman–Crippen LogP) is 7.00. The highest BCUT2D eigenvalue weighted by Gasteiger charge is 2.23. The maximum absolute atomic E-state index is 14.5. The van der Waals surface area contributed by atoms with Gasteiger partial charge in [-0.1, -0.05) is 50.7 Å². The Morgan fingerprint density at radius 2 is 1.52 bits per heavy atom. The molecule has 2 aromatic carbocycles. The fourth-order valence-corrected chi connectivity index (χ4v) is 4.10. The number of hydrogen-bond acceptors (Lipinski definition) is 0. The van der Waals surface area contributed by atoms with E-state index in [1.54, 1.807) is 0 Å². The number of hydrogen-bond donors (Lipinski definition) is 0. The first-order valence-electron chi connectivity index (χ1n) is 10.2. The van der Waals surface area contributed by atoms with Crippen molar-refractivity contribution in [2.75, 3.05) is 0 Å². The fraction of sp³-hybridized carbons (Fsp3) is 0.440. The van der Waals surface area contributed by atoms with Crippen LogP contribution in [0, 0.1) is 29.4 Å². The first-order chi connectivity index (χ1) is 13.1. The van der Waals surface area contributed by atoms with Crippen molar-refractivity contribution in [1.82, 2.24) is 0 Å². The van der Waals surface area contributed by atoms with Crippen molar-refractivity contribution in [2.45, 2.75) is 64.7 Å². The molecule has 27 heavy (non-hydrogen) atoms. The molecule has 2 heteroatoms. The van der Waals surface area contributed by atoms with Gasteiger partial charge in [-0.15, -0.1) is 0 Å². The highest BCUT2D eigenvalue weighted by molar-refractivity contribution is 5.46. The van der Waals surface area contributed by atoms with Crippen molar-refractivity contribution in [3.63, 3.8) is 0 Å². The predicted molar refractivity (Wildman–Crippen MR) is 108 cm³/mol. The number of aryl methyl sites for hydroxylation is 1. The van der Waals surface area contributed by atoms with E-state index in [0.717, 1.165) is 49.1 Å². The second-order valence-electron chi connectivity index (χ2n) is 7.67. The van der Waals surface area contributed by atoms with E-state index >= 15 is 0 Å². The minimum atomic E-state index is -0.543. The third kappa shape index (κ3) is 4.98. The maximum atomic E-state index is 14.5. The Bertz CT molecular complexity index is 793. The van der Waals surface area contributed by atoms with Crippen LogP contribution < -0.4 is 0 Å². The summed E-state index contributed by atoms with van der Waals surface area (Å²) in [5.41, 5.74) is 2.65. The van der Waals surface area contributed by atoms with Gasteiger partial charge in [-0.3, -0.25) is 0 Å². The van der Waals surface area contributed by atoms with E-state index in [9.17, 15) is 8.78 Å². The summed E-state index contributed by atoms with van der Waals surface area (Å²) < 4.78 is 29.1. The second kappa shape index (κ2) is 9.18. The van der Waals surface area contributed by atoms with E-state index in [2.05, 4.69) is 25.7 Å². The van der Waals surface area contributed by atoms with Crippen LogP contribution in [0.4, 0.5) is 8.78 Å². The SMILES string of the molecule is CCCC1CCC(c2cc(F)c(C#Cc3ccc(CC)cc3)c(F)c2)CC1. The average Bonchev–Trinajstić information content (AvgIpc) is 2.68. The molecule has 0 aliphatic heterocycles. The van der Waals surface area contributed by atoms with Crippen molar-refractivity contribution < 1.29 is 8.78 Å². The van der Waals surface area contributed by atoms with Gasteiger partial charge in [0.05, 0.1) is 5.56 Å². The second-order valence-corrected chi connectivity index (χ2v) is 7.67. The van der Waals surface area contributed by atoms with Crippen LogP contribution in [0.2, 0.25) is 0 Å². The number of benzene rings is 2. The molecule has 1 fully saturated rings. The van der Waals surface area contributed by atoms with Gasteiger partial charge in [-0.25, -0.2) is 8.78 Å². The Morgan fingerprint density at radius 1 is 0.889 bits per heavy atom. The number of halogens is 2. The van der Waals surface area contributed by atoms with Crippen molar-refractivity contribution in [3.8, 4) is 11.8 Å². The Morgan fingerprint density at radius 3 is 2.07 bits per heavy atom. The van der Waals surface area contributed by atoms with Crippen LogP contribution in [0.5, 0.6) is 0 Å². The topological polar surface area (TPSA) is 0 Å². The van der Waals surface area contributed by atoms with Crippen LogP contribution >= 0.6 is 0 Å². The molecule has 1 aliphatic carbocycles. The summed E-state index contributed by atoms with van der Waals surface area (Å²) in [5.74, 6) is 5.54. The van der Waals surface area contributed by atoms with Crippen molar-refractivity contribution in [2.24, 2.45) is 5.92 Å². The lowest BCUT2D eigenvalue weighted by molar-refractivity contribution is 0.307. The average molecular weight is 366 g/mol. The Kier molecular flexibility index (Phi) is 6.67. The quantitative estimate of drug-likeness (QED) is 0.511. The summed E-state index contributed by atoms with van der Waals surface area (Å²) in [5, 5.41) is 0. The molecule has 0 atom stereocenters. The zero-order valence-electron chi connectivity index (χ0n) is 16.3. The Labute approximate surface area is 162 Å². The summed E-state index contributed by atoms with van der Waals surface area (Å²) in [6.45, 7) is 4.30. The van der Waals surface area contributed by atoms with E-state index in [1.807, 2.05) is 24.3 Å². The van der Waals surface area contributed by atoms with Crippen LogP contribution in [-0.2, 0) is 6.42 Å². The fourth-order valence-electron chi connectivity index (χ4n) is 4.10. The summed E-state index contributed by atoms with van der Waals surface area (Å²) in [4.78, 5) is 0. The van der Waals surface area contributed by atoms with Gasteiger partial charge in [0.2, 0.25) is 0 Å². The molecule has 3 rings (SSSR count). The van der Waals surface area contributed by atoms with Crippen LogP contribution in [0.3, 0.4) is 0 Å². The number of rotatable bonds is 4. The molecule has 0 saturated heterocycles. The zero-order chi connectivity index (χ0) is 19.2. The van der Waals surface area contributed by atoms with Gasteiger partial charge in [0.25, 0.3) is 0 Å². The minimum absolute atomic E-state index is 0.127. The molecule has 0 heterocycles. The normalized spacial score (nSPS) is 19.4. The lowest BCUT2D eigenvalue weighted by Crippen LogP contribution is -2.13. The van der Waals surface area contributed by atoms with E-state index in [1.165, 1.54) is 30.5 Å². The molecule has 0 spiro atoms. The largest absolute Gasteiger partial charge is 0.206 e. The van der Waals surface area contributed by atoms with Gasteiger partial charge in [-0.05, 0) is 79.3 Å². The van der Waals surface area contributed by atoms with Gasteiger partial charge in [-0.2, -0.15) is 0 Å². The lowest BCUT2D eigenvalue weighted by atomic mass is 9.77. The minimum Gasteiger partial charge on any atom is -0.206 e. The lowest BCUT2D eigenvalue weighted by Gasteiger charge is -2.28. The van der Waals surface area contributed by atoms with Gasteiger partial charge >= 0.3 is 0 Å². The summed E-state index contributed by atoms with van der Waals surface area (Å²) in [7, 11) is 0. The highest BCUT2D eigenvalue weighted by atomic mass is 19.1. The smallest absolute Gasteiger partial charge is 0.142 e. The zero-order valence-corrected chi connectivity index (χ0v) is 16.3. The first-order valence-corrected chi connectivity index (χ1v) is 10.2. The molecule has 1 saturated carbocycles. The van der Waals surface area contributed by atoms with Crippen LogP contribution in [0.25, 0.3) is 0 Å². The molecular weight excluding hydrogens is 338 g/mol. The molecule has 0 aromatic heterocycles. The molecule has 2 aromatic rings. The molecule has 1 aliphatic rings. The van der Waals surface area contributed by atoms with E-state index in [4.69, 9.17) is 0 Å². The van der Waals surface area contributed by atoms with Crippen molar-refractivity contribution in [1.29, 1.82) is 0 Å². The monoisotopic (exact) mass is 366 g/mol. The van der Waals surface area contributed by atoms with Gasteiger partial charge in [0.15, 0.2) is 0 Å². The summed E-state index contributed by atoms with van der Waals surface area (Å²) in [6.07, 6.45) is 7.82. The van der Waals surface area contributed by atoms with Gasteiger partial charge in [0, 0.05) is 5.56 Å². The Hall–Kier alpha value is -2.14. The highest BCUT2D eigenvalue weighted by Crippen LogP contribution is 2.38. The molecule has 0 N–H and O–H groups in total. The van der Waals surface area contributed by atoms with Crippen molar-refractivity contribution in [3.05, 3.63) is 70.3 Å². The molecule has 0 unspecified atom stereocenters. The van der Waals surface area contributed by atoms with Gasteiger partial charge < -0.3 is 0 Å². The van der Waals surface area contributed by atoms with Crippen LogP contribution in [0.15, 0.2) is 36.4 Å². The maximum Gasteiger partial charge on any atom is 0.142 e. The first kappa shape index (κ1) is 19.6. The third-order valence-corrected chi connectivity index (χ3v) is 5.77. The Balaban J connectivity index is 1.75. The molecule has 0 radical (unpaired) electrons. The standard InChI is InChI=1S/C25H28F2/c1-3-5-19-10-13-21(14-11-19)22-16-24(26)23(25(27)17-22)15-12-20-8-6-18(4-2)7-9-20/h6-9,16-17,19,21H,3-5,10-11,13-14H2,1-2H3. The van der Waals surface area contributed by atoms with Gasteiger partial charge in [0.1, 0.15) is 11.6 Å². The molecule has 142 valence electrons. The van der Waals surface area contributed by atoms with Crippen LogP contribution in [-0.4, -0.2) is 0 Å². The van der Waals surface area contributed by atoms with E-state index < -0.39 is 11.6 Å². The van der Waals surface area contributed by atoms with E-state index in [-0.39, 0.29) is 11.5 Å². The molecule has 0 nitrogen and oxygen atoms in total.